The molecule has 160 valence electrons. The van der Waals surface area contributed by atoms with Gasteiger partial charge in [0.05, 0.1) is 18.2 Å². The van der Waals surface area contributed by atoms with Crippen molar-refractivity contribution in [2.24, 2.45) is 0 Å². The average Bonchev–Trinajstić information content (AvgIpc) is 2.74. The van der Waals surface area contributed by atoms with Crippen molar-refractivity contribution >= 4 is 17.8 Å². The molecular weight excluding hydrogens is 394 g/mol. The third kappa shape index (κ3) is 5.03. The Morgan fingerprint density at radius 2 is 1.90 bits per heavy atom. The molecule has 1 aliphatic heterocycles. The van der Waals surface area contributed by atoms with Crippen LogP contribution in [-0.2, 0) is 4.74 Å². The molecule has 0 aliphatic carbocycles. The van der Waals surface area contributed by atoms with Gasteiger partial charge in [-0.3, -0.25) is 0 Å². The predicted octanol–water partition coefficient (Wildman–Crippen LogP) is 3.13. The number of benzene rings is 1. The molecule has 2 aromatic rings. The number of halogens is 2. The molecule has 1 N–H and O–H groups in total. The molecule has 2 amide bonds. The van der Waals surface area contributed by atoms with Crippen molar-refractivity contribution in [1.29, 1.82) is 0 Å². The molecule has 7 nitrogen and oxygen atoms in total. The van der Waals surface area contributed by atoms with E-state index in [0.717, 1.165) is 6.07 Å². The van der Waals surface area contributed by atoms with E-state index in [1.54, 1.807) is 30.9 Å². The Labute approximate surface area is 173 Å². The number of piperazine rings is 1. The summed E-state index contributed by atoms with van der Waals surface area (Å²) in [5.74, 6) is -1.05. The van der Waals surface area contributed by atoms with Crippen LogP contribution in [0.1, 0.15) is 35.8 Å². The van der Waals surface area contributed by atoms with Crippen LogP contribution in [0.4, 0.5) is 19.4 Å². The fourth-order valence-electron chi connectivity index (χ4n) is 3.25. The van der Waals surface area contributed by atoms with Gasteiger partial charge in [0.25, 0.3) is 0 Å². The minimum Gasteiger partial charge on any atom is -0.462 e. The summed E-state index contributed by atoms with van der Waals surface area (Å²) in [6, 6.07) is 5.82. The average molecular weight is 418 g/mol. The number of rotatable bonds is 5. The number of carbonyl (C=O) groups is 2. The lowest BCUT2D eigenvalue weighted by molar-refractivity contribution is 0.0526. The first-order valence-corrected chi connectivity index (χ1v) is 9.77. The first kappa shape index (κ1) is 21.5. The van der Waals surface area contributed by atoms with Crippen molar-refractivity contribution in [3.8, 4) is 0 Å². The van der Waals surface area contributed by atoms with Gasteiger partial charge in [0.15, 0.2) is 0 Å². The van der Waals surface area contributed by atoms with E-state index in [1.165, 1.54) is 18.3 Å². The molecule has 3 rings (SSSR count). The van der Waals surface area contributed by atoms with E-state index in [9.17, 15) is 18.4 Å². The summed E-state index contributed by atoms with van der Waals surface area (Å²) in [5, 5.41) is 2.75. The summed E-state index contributed by atoms with van der Waals surface area (Å²) >= 11 is 0. The van der Waals surface area contributed by atoms with Gasteiger partial charge in [-0.15, -0.1) is 0 Å². The van der Waals surface area contributed by atoms with Gasteiger partial charge in [0.1, 0.15) is 17.5 Å². The number of nitrogens with one attached hydrogen (secondary N) is 1. The third-order valence-corrected chi connectivity index (χ3v) is 4.92. The SMILES string of the molecule is CCOC(=O)c1ccc(N2CCN(C(=O)NC(C)c3ccc(F)cc3F)CC2)nc1. The zero-order valence-electron chi connectivity index (χ0n) is 16.9. The Morgan fingerprint density at radius 3 is 2.50 bits per heavy atom. The van der Waals surface area contributed by atoms with E-state index in [0.29, 0.717) is 44.2 Å². The fraction of sp³-hybridized carbons (Fsp3) is 0.381. The molecule has 0 saturated carbocycles. The molecule has 1 saturated heterocycles. The summed E-state index contributed by atoms with van der Waals surface area (Å²) in [4.78, 5) is 32.2. The largest absolute Gasteiger partial charge is 0.462 e. The molecule has 1 unspecified atom stereocenters. The molecule has 0 radical (unpaired) electrons. The number of ether oxygens (including phenoxy) is 1. The number of aromatic nitrogens is 1. The van der Waals surface area contributed by atoms with Crippen LogP contribution in [0, 0.1) is 11.6 Å². The van der Waals surface area contributed by atoms with Crippen LogP contribution >= 0.6 is 0 Å². The van der Waals surface area contributed by atoms with Crippen LogP contribution in [0.3, 0.4) is 0 Å². The molecule has 1 aromatic carbocycles. The van der Waals surface area contributed by atoms with E-state index in [4.69, 9.17) is 4.74 Å². The highest BCUT2D eigenvalue weighted by Crippen LogP contribution is 2.19. The molecule has 1 atom stereocenters. The molecule has 9 heteroatoms. The monoisotopic (exact) mass is 418 g/mol. The van der Waals surface area contributed by atoms with Gasteiger partial charge in [-0.25, -0.2) is 23.4 Å². The van der Waals surface area contributed by atoms with Gasteiger partial charge in [-0.1, -0.05) is 6.07 Å². The van der Waals surface area contributed by atoms with Crippen LogP contribution in [-0.4, -0.2) is 54.7 Å². The minimum atomic E-state index is -0.690. The number of amides is 2. The molecule has 0 bridgehead atoms. The number of hydrogen-bond acceptors (Lipinski definition) is 5. The van der Waals surface area contributed by atoms with Crippen molar-refractivity contribution < 1.29 is 23.1 Å². The lowest BCUT2D eigenvalue weighted by Gasteiger charge is -2.36. The molecular formula is C21H24F2N4O3. The smallest absolute Gasteiger partial charge is 0.339 e. The van der Waals surface area contributed by atoms with Crippen molar-refractivity contribution in [3.05, 3.63) is 59.3 Å². The highest BCUT2D eigenvalue weighted by atomic mass is 19.1. The standard InChI is InChI=1S/C21H24F2N4O3/c1-3-30-20(28)15-4-7-19(24-13-15)26-8-10-27(11-9-26)21(29)25-14(2)17-6-5-16(22)12-18(17)23/h4-7,12-14H,3,8-11H2,1-2H3,(H,25,29). The molecule has 1 aromatic heterocycles. The third-order valence-electron chi connectivity index (χ3n) is 4.92. The van der Waals surface area contributed by atoms with Gasteiger partial charge in [-0.2, -0.15) is 0 Å². The quantitative estimate of drug-likeness (QED) is 0.756. The number of carbonyl (C=O) groups excluding carboxylic acids is 2. The first-order valence-electron chi connectivity index (χ1n) is 9.77. The molecule has 30 heavy (non-hydrogen) atoms. The summed E-state index contributed by atoms with van der Waals surface area (Å²) in [6.07, 6.45) is 1.48. The van der Waals surface area contributed by atoms with E-state index in [-0.39, 0.29) is 11.6 Å². The zero-order chi connectivity index (χ0) is 21.7. The van der Waals surface area contributed by atoms with Gasteiger partial charge < -0.3 is 19.9 Å². The maximum atomic E-state index is 13.9. The number of pyridine rings is 1. The second-order valence-electron chi connectivity index (χ2n) is 6.94. The normalized spacial score (nSPS) is 14.9. The van der Waals surface area contributed by atoms with Gasteiger partial charge in [0.2, 0.25) is 0 Å². The van der Waals surface area contributed by atoms with Crippen molar-refractivity contribution in [3.63, 3.8) is 0 Å². The first-order chi connectivity index (χ1) is 14.4. The topological polar surface area (TPSA) is 74.8 Å². The fourth-order valence-corrected chi connectivity index (χ4v) is 3.25. The summed E-state index contributed by atoms with van der Waals surface area (Å²) in [7, 11) is 0. The zero-order valence-corrected chi connectivity index (χ0v) is 16.9. The lowest BCUT2D eigenvalue weighted by atomic mass is 10.1. The summed E-state index contributed by atoms with van der Waals surface area (Å²) in [5.41, 5.74) is 0.620. The summed E-state index contributed by atoms with van der Waals surface area (Å²) < 4.78 is 31.9. The van der Waals surface area contributed by atoms with Gasteiger partial charge in [0, 0.05) is 44.0 Å². The number of anilines is 1. The van der Waals surface area contributed by atoms with Crippen LogP contribution in [0.5, 0.6) is 0 Å². The number of hydrogen-bond donors (Lipinski definition) is 1. The van der Waals surface area contributed by atoms with Crippen LogP contribution < -0.4 is 10.2 Å². The second-order valence-corrected chi connectivity index (χ2v) is 6.94. The number of nitrogens with zero attached hydrogens (tertiary/aromatic N) is 3. The van der Waals surface area contributed by atoms with E-state index in [1.807, 2.05) is 4.90 Å². The van der Waals surface area contributed by atoms with Gasteiger partial charge in [-0.05, 0) is 32.0 Å². The summed E-state index contributed by atoms with van der Waals surface area (Å²) in [6.45, 7) is 5.76. The van der Waals surface area contributed by atoms with E-state index in [2.05, 4.69) is 10.3 Å². The Hall–Kier alpha value is -3.23. The van der Waals surface area contributed by atoms with Crippen LogP contribution in [0.2, 0.25) is 0 Å². The Balaban J connectivity index is 1.53. The molecule has 1 fully saturated rings. The second kappa shape index (κ2) is 9.51. The minimum absolute atomic E-state index is 0.231. The maximum absolute atomic E-state index is 13.9. The highest BCUT2D eigenvalue weighted by Gasteiger charge is 2.24. The van der Waals surface area contributed by atoms with Crippen molar-refractivity contribution in [2.45, 2.75) is 19.9 Å². The van der Waals surface area contributed by atoms with E-state index < -0.39 is 23.6 Å². The van der Waals surface area contributed by atoms with Crippen LogP contribution in [0.25, 0.3) is 0 Å². The van der Waals surface area contributed by atoms with Crippen molar-refractivity contribution in [2.75, 3.05) is 37.7 Å². The molecule has 1 aliphatic rings. The van der Waals surface area contributed by atoms with Crippen molar-refractivity contribution in [1.82, 2.24) is 15.2 Å². The maximum Gasteiger partial charge on any atom is 0.339 e. The van der Waals surface area contributed by atoms with E-state index >= 15 is 0 Å². The predicted molar refractivity (Wildman–Crippen MR) is 107 cm³/mol. The molecule has 2 heterocycles. The Bertz CT molecular complexity index is 900. The van der Waals surface area contributed by atoms with Crippen LogP contribution in [0.15, 0.2) is 36.5 Å². The highest BCUT2D eigenvalue weighted by molar-refractivity contribution is 5.89. The Kier molecular flexibility index (Phi) is 6.81. The molecule has 0 spiro atoms. The van der Waals surface area contributed by atoms with Gasteiger partial charge >= 0.3 is 12.0 Å². The lowest BCUT2D eigenvalue weighted by Crippen LogP contribution is -2.52. The Morgan fingerprint density at radius 1 is 1.17 bits per heavy atom. The number of urea groups is 1. The number of esters is 1.